The summed E-state index contributed by atoms with van der Waals surface area (Å²) >= 11 is 0. The van der Waals surface area contributed by atoms with Crippen molar-refractivity contribution in [2.45, 2.75) is 44.4 Å². The molecule has 2 heterocycles. The Labute approximate surface area is 156 Å². The van der Waals surface area contributed by atoms with Crippen LogP contribution in [0.5, 0.6) is 5.75 Å². The number of rotatable bonds is 5. The number of aliphatic hydroxyl groups excluding tert-OH is 1. The van der Waals surface area contributed by atoms with Crippen molar-refractivity contribution in [1.29, 1.82) is 0 Å². The highest BCUT2D eigenvalue weighted by atomic mass is 16.5. The first kappa shape index (κ1) is 17.4. The largest absolute Gasteiger partial charge is 0.488 e. The van der Waals surface area contributed by atoms with Gasteiger partial charge in [0.05, 0.1) is 18.2 Å². The summed E-state index contributed by atoms with van der Waals surface area (Å²) < 4.78 is 6.21. The first-order valence-corrected chi connectivity index (χ1v) is 9.06. The van der Waals surface area contributed by atoms with Gasteiger partial charge in [-0.3, -0.25) is 4.98 Å². The van der Waals surface area contributed by atoms with Gasteiger partial charge >= 0.3 is 0 Å². The smallest absolute Gasteiger partial charge is 0.222 e. The van der Waals surface area contributed by atoms with Crippen molar-refractivity contribution < 1.29 is 9.84 Å². The molecule has 0 bridgehead atoms. The molecule has 4 N–H and O–H groups in total. The molecule has 1 aromatic carbocycles. The summed E-state index contributed by atoms with van der Waals surface area (Å²) in [5.41, 5.74) is 8.78. The average molecular weight is 366 g/mol. The van der Waals surface area contributed by atoms with Crippen molar-refractivity contribution in [3.8, 4) is 5.75 Å². The maximum atomic E-state index is 9.05. The Balaban J connectivity index is 1.37. The second kappa shape index (κ2) is 7.71. The van der Waals surface area contributed by atoms with Crippen LogP contribution in [0, 0.1) is 0 Å². The fourth-order valence-electron chi connectivity index (χ4n) is 3.35. The Kier molecular flexibility index (Phi) is 4.97. The zero-order valence-corrected chi connectivity index (χ0v) is 14.9. The van der Waals surface area contributed by atoms with Crippen LogP contribution in [-0.4, -0.2) is 37.2 Å². The van der Waals surface area contributed by atoms with Crippen molar-refractivity contribution in [1.82, 2.24) is 19.9 Å². The van der Waals surface area contributed by atoms with Gasteiger partial charge in [-0.1, -0.05) is 0 Å². The van der Waals surface area contributed by atoms with Crippen molar-refractivity contribution in [2.75, 3.05) is 11.1 Å². The van der Waals surface area contributed by atoms with E-state index in [-0.39, 0.29) is 12.7 Å². The lowest BCUT2D eigenvalue weighted by atomic mass is 9.93. The van der Waals surface area contributed by atoms with E-state index in [4.69, 9.17) is 15.6 Å². The van der Waals surface area contributed by atoms with E-state index in [1.807, 2.05) is 6.07 Å². The summed E-state index contributed by atoms with van der Waals surface area (Å²) in [6.45, 7) is -0.0498. The summed E-state index contributed by atoms with van der Waals surface area (Å²) in [7, 11) is 0. The molecule has 0 atom stereocenters. The molecule has 1 aliphatic rings. The standard InChI is InChI=1S/C19H22N6O2/c20-13-7-16-18(22-6-5-21-16)17(8-13)27-15-3-1-14(2-4-15)25-19-23-9-12(11-26)10-24-19/h5-10,14-15,26H,1-4,11,20H2,(H,23,24,25). The van der Waals surface area contributed by atoms with Crippen LogP contribution in [0.15, 0.2) is 36.9 Å². The second-order valence-electron chi connectivity index (χ2n) is 6.75. The SMILES string of the molecule is Nc1cc(OC2CCC(Nc3ncc(CO)cn3)CC2)c2nccnc2c1. The van der Waals surface area contributed by atoms with Crippen molar-refractivity contribution in [2.24, 2.45) is 0 Å². The van der Waals surface area contributed by atoms with Gasteiger partial charge in [-0.25, -0.2) is 15.0 Å². The Morgan fingerprint density at radius 1 is 1.04 bits per heavy atom. The molecule has 1 fully saturated rings. The van der Waals surface area contributed by atoms with Crippen LogP contribution in [0.1, 0.15) is 31.2 Å². The third kappa shape index (κ3) is 4.06. The molecule has 8 heteroatoms. The lowest BCUT2D eigenvalue weighted by Crippen LogP contribution is -2.31. The Morgan fingerprint density at radius 3 is 2.52 bits per heavy atom. The molecule has 0 unspecified atom stereocenters. The van der Waals surface area contributed by atoms with Crippen LogP contribution in [0.2, 0.25) is 0 Å². The molecule has 2 aromatic heterocycles. The normalized spacial score (nSPS) is 19.7. The Morgan fingerprint density at radius 2 is 1.78 bits per heavy atom. The molecule has 0 aliphatic heterocycles. The highest BCUT2D eigenvalue weighted by Crippen LogP contribution is 2.30. The third-order valence-electron chi connectivity index (χ3n) is 4.75. The highest BCUT2D eigenvalue weighted by Gasteiger charge is 2.24. The fraction of sp³-hybridized carbons (Fsp3) is 0.368. The number of nitrogens with two attached hydrogens (primary N) is 1. The topological polar surface area (TPSA) is 119 Å². The number of hydrogen-bond donors (Lipinski definition) is 3. The minimum absolute atomic E-state index is 0.0498. The molecule has 0 radical (unpaired) electrons. The number of nitrogen functional groups attached to an aromatic ring is 1. The average Bonchev–Trinajstić information content (AvgIpc) is 2.70. The summed E-state index contributed by atoms with van der Waals surface area (Å²) in [4.78, 5) is 17.2. The second-order valence-corrected chi connectivity index (χ2v) is 6.75. The molecule has 27 heavy (non-hydrogen) atoms. The molecule has 0 amide bonds. The van der Waals surface area contributed by atoms with E-state index in [2.05, 4.69) is 25.3 Å². The van der Waals surface area contributed by atoms with E-state index >= 15 is 0 Å². The fourth-order valence-corrected chi connectivity index (χ4v) is 3.35. The molecular weight excluding hydrogens is 344 g/mol. The van der Waals surface area contributed by atoms with Crippen LogP contribution in [0.25, 0.3) is 11.0 Å². The molecule has 4 rings (SSSR count). The molecule has 8 nitrogen and oxygen atoms in total. The van der Waals surface area contributed by atoms with Gasteiger partial charge in [-0.05, 0) is 31.7 Å². The van der Waals surface area contributed by atoms with Gasteiger partial charge < -0.3 is 20.9 Å². The minimum Gasteiger partial charge on any atom is -0.488 e. The molecule has 140 valence electrons. The summed E-state index contributed by atoms with van der Waals surface area (Å²) in [6.07, 6.45) is 10.5. The number of fused-ring (bicyclic) bond motifs is 1. The quantitative estimate of drug-likeness (QED) is 0.589. The van der Waals surface area contributed by atoms with Gasteiger partial charge in [0.1, 0.15) is 11.3 Å². The van der Waals surface area contributed by atoms with Crippen LogP contribution >= 0.6 is 0 Å². The van der Waals surface area contributed by atoms with E-state index in [9.17, 15) is 0 Å². The number of aromatic nitrogens is 4. The number of nitrogens with one attached hydrogen (secondary N) is 1. The molecule has 0 spiro atoms. The molecular formula is C19H22N6O2. The van der Waals surface area contributed by atoms with E-state index < -0.39 is 0 Å². The third-order valence-corrected chi connectivity index (χ3v) is 4.75. The maximum Gasteiger partial charge on any atom is 0.222 e. The van der Waals surface area contributed by atoms with Gasteiger partial charge in [-0.15, -0.1) is 0 Å². The van der Waals surface area contributed by atoms with Crippen LogP contribution in [0.4, 0.5) is 11.6 Å². The Hall–Kier alpha value is -3.00. The van der Waals surface area contributed by atoms with E-state index in [0.717, 1.165) is 36.7 Å². The van der Waals surface area contributed by atoms with Gasteiger partial charge in [0.15, 0.2) is 0 Å². The van der Waals surface area contributed by atoms with Crippen molar-refractivity contribution in [3.63, 3.8) is 0 Å². The monoisotopic (exact) mass is 366 g/mol. The molecule has 1 aliphatic carbocycles. The molecule has 1 saturated carbocycles. The summed E-state index contributed by atoms with van der Waals surface area (Å²) in [6, 6.07) is 3.93. The number of anilines is 2. The summed E-state index contributed by atoms with van der Waals surface area (Å²) in [5, 5.41) is 12.4. The number of benzene rings is 1. The van der Waals surface area contributed by atoms with Gasteiger partial charge in [0.2, 0.25) is 5.95 Å². The van der Waals surface area contributed by atoms with Crippen molar-refractivity contribution in [3.05, 3.63) is 42.5 Å². The zero-order valence-electron chi connectivity index (χ0n) is 14.9. The van der Waals surface area contributed by atoms with Crippen LogP contribution in [0.3, 0.4) is 0 Å². The first-order valence-electron chi connectivity index (χ1n) is 9.06. The summed E-state index contributed by atoms with van der Waals surface area (Å²) in [5.74, 6) is 1.28. The minimum atomic E-state index is -0.0498. The predicted octanol–water partition coefficient (Wildman–Crippen LogP) is 2.30. The van der Waals surface area contributed by atoms with Gasteiger partial charge in [0.25, 0.3) is 0 Å². The van der Waals surface area contributed by atoms with E-state index in [0.29, 0.717) is 29.0 Å². The number of ether oxygens (including phenoxy) is 1. The Bertz CT molecular complexity index is 910. The van der Waals surface area contributed by atoms with Gasteiger partial charge in [-0.2, -0.15) is 0 Å². The first-order chi connectivity index (χ1) is 13.2. The number of nitrogens with zero attached hydrogens (tertiary/aromatic N) is 4. The predicted molar refractivity (Wildman–Crippen MR) is 102 cm³/mol. The van der Waals surface area contributed by atoms with Crippen LogP contribution < -0.4 is 15.8 Å². The van der Waals surface area contributed by atoms with Gasteiger partial charge in [0, 0.05) is 48.1 Å². The van der Waals surface area contributed by atoms with E-state index in [1.54, 1.807) is 30.9 Å². The number of hydrogen-bond acceptors (Lipinski definition) is 8. The lowest BCUT2D eigenvalue weighted by Gasteiger charge is -2.29. The lowest BCUT2D eigenvalue weighted by molar-refractivity contribution is 0.152. The highest BCUT2D eigenvalue weighted by molar-refractivity contribution is 5.84. The van der Waals surface area contributed by atoms with Crippen LogP contribution in [-0.2, 0) is 6.61 Å². The van der Waals surface area contributed by atoms with E-state index in [1.165, 1.54) is 0 Å². The molecule has 3 aromatic rings. The number of aliphatic hydroxyl groups is 1. The zero-order chi connectivity index (χ0) is 18.6. The molecule has 0 saturated heterocycles. The maximum absolute atomic E-state index is 9.05. The van der Waals surface area contributed by atoms with Crippen molar-refractivity contribution >= 4 is 22.7 Å².